The maximum absolute atomic E-state index is 6.14. The fraction of sp³-hybridized carbons (Fsp3) is 0.571. The third-order valence-electron chi connectivity index (χ3n) is 3.74. The van der Waals surface area contributed by atoms with E-state index in [1.165, 1.54) is 12.0 Å². The lowest BCUT2D eigenvalue weighted by Crippen LogP contribution is -2.30. The molecule has 1 fully saturated rings. The van der Waals surface area contributed by atoms with Gasteiger partial charge in [-0.2, -0.15) is 0 Å². The van der Waals surface area contributed by atoms with E-state index in [9.17, 15) is 0 Å². The van der Waals surface area contributed by atoms with Gasteiger partial charge in [-0.15, -0.1) is 0 Å². The van der Waals surface area contributed by atoms with E-state index >= 15 is 0 Å². The molecule has 1 aliphatic rings. The van der Waals surface area contributed by atoms with Gasteiger partial charge in [0.25, 0.3) is 0 Å². The van der Waals surface area contributed by atoms with Crippen molar-refractivity contribution < 1.29 is 0 Å². The lowest BCUT2D eigenvalue weighted by molar-refractivity contribution is 0.511. The van der Waals surface area contributed by atoms with Crippen LogP contribution in [-0.4, -0.2) is 13.1 Å². The van der Waals surface area contributed by atoms with E-state index in [0.717, 1.165) is 29.0 Å². The molecule has 0 bridgehead atoms. The molecule has 17 heavy (non-hydrogen) atoms. The van der Waals surface area contributed by atoms with E-state index in [0.29, 0.717) is 6.54 Å². The molecule has 0 radical (unpaired) electrons. The van der Waals surface area contributed by atoms with E-state index in [1.807, 2.05) is 13.0 Å². The van der Waals surface area contributed by atoms with Crippen molar-refractivity contribution in [2.24, 2.45) is 17.6 Å². The molecule has 0 heterocycles. The first kappa shape index (κ1) is 12.9. The summed E-state index contributed by atoms with van der Waals surface area (Å²) in [6.45, 7) is 5.99. The van der Waals surface area contributed by atoms with E-state index in [2.05, 4.69) is 24.4 Å². The van der Waals surface area contributed by atoms with Crippen LogP contribution in [0.4, 0.5) is 0 Å². The van der Waals surface area contributed by atoms with Gasteiger partial charge in [-0.25, -0.2) is 0 Å². The Balaban J connectivity index is 1.98. The minimum atomic E-state index is 0.223. The van der Waals surface area contributed by atoms with Gasteiger partial charge in [-0.3, -0.25) is 0 Å². The highest BCUT2D eigenvalue weighted by atomic mass is 35.5. The van der Waals surface area contributed by atoms with Crippen molar-refractivity contribution in [1.82, 2.24) is 5.32 Å². The molecule has 2 rings (SSSR count). The van der Waals surface area contributed by atoms with Gasteiger partial charge in [0.1, 0.15) is 0 Å². The van der Waals surface area contributed by atoms with E-state index in [1.54, 1.807) is 0 Å². The first-order chi connectivity index (χ1) is 8.11. The summed E-state index contributed by atoms with van der Waals surface area (Å²) >= 11 is 6.14. The number of nitrogens with two attached hydrogens (primary N) is 1. The molecule has 1 aromatic carbocycles. The highest BCUT2D eigenvalue weighted by molar-refractivity contribution is 6.31. The van der Waals surface area contributed by atoms with Gasteiger partial charge in [0.2, 0.25) is 0 Å². The molecule has 0 aliphatic heterocycles. The summed E-state index contributed by atoms with van der Waals surface area (Å²) in [5.41, 5.74) is 8.13. The van der Waals surface area contributed by atoms with Crippen LogP contribution in [0.25, 0.3) is 0 Å². The van der Waals surface area contributed by atoms with Gasteiger partial charge in [0, 0.05) is 17.6 Å². The zero-order chi connectivity index (χ0) is 12.4. The molecule has 1 aromatic rings. The molecule has 0 aromatic heterocycles. The highest BCUT2D eigenvalue weighted by Gasteiger charge is 2.32. The van der Waals surface area contributed by atoms with Crippen molar-refractivity contribution in [2.75, 3.05) is 13.1 Å². The third-order valence-corrected chi connectivity index (χ3v) is 4.14. The molecule has 0 amide bonds. The maximum Gasteiger partial charge on any atom is 0.0445 e. The molecule has 1 saturated carbocycles. The van der Waals surface area contributed by atoms with Crippen LogP contribution in [0.2, 0.25) is 5.02 Å². The molecule has 2 nitrogen and oxygen atoms in total. The molecule has 0 saturated heterocycles. The monoisotopic (exact) mass is 252 g/mol. The number of hydrogen-bond donors (Lipinski definition) is 2. The van der Waals surface area contributed by atoms with Crippen LogP contribution in [0.15, 0.2) is 18.2 Å². The van der Waals surface area contributed by atoms with Crippen LogP contribution < -0.4 is 11.1 Å². The van der Waals surface area contributed by atoms with Crippen LogP contribution in [0.1, 0.15) is 30.5 Å². The number of halogens is 1. The molecule has 0 spiro atoms. The summed E-state index contributed by atoms with van der Waals surface area (Å²) < 4.78 is 0. The Morgan fingerprint density at radius 1 is 1.53 bits per heavy atom. The normalized spacial score (nSPS) is 24.7. The largest absolute Gasteiger partial charge is 0.329 e. The maximum atomic E-state index is 6.14. The minimum Gasteiger partial charge on any atom is -0.329 e. The van der Waals surface area contributed by atoms with Gasteiger partial charge in [-0.1, -0.05) is 30.7 Å². The van der Waals surface area contributed by atoms with Crippen molar-refractivity contribution >= 4 is 11.6 Å². The Bertz CT molecular complexity index is 392. The predicted octanol–water partition coefficient (Wildman–Crippen LogP) is 2.89. The zero-order valence-electron chi connectivity index (χ0n) is 10.5. The summed E-state index contributed by atoms with van der Waals surface area (Å²) in [7, 11) is 0. The zero-order valence-corrected chi connectivity index (χ0v) is 11.3. The quantitative estimate of drug-likeness (QED) is 0.846. The van der Waals surface area contributed by atoms with Gasteiger partial charge >= 0.3 is 0 Å². The second-order valence-electron chi connectivity index (χ2n) is 5.18. The average Bonchev–Trinajstić information content (AvgIpc) is 3.00. The first-order valence-corrected chi connectivity index (χ1v) is 6.69. The molecule has 3 unspecified atom stereocenters. The Hall–Kier alpha value is -0.570. The summed E-state index contributed by atoms with van der Waals surface area (Å²) in [4.78, 5) is 0. The van der Waals surface area contributed by atoms with Crippen molar-refractivity contribution in [3.63, 3.8) is 0 Å². The van der Waals surface area contributed by atoms with E-state index < -0.39 is 0 Å². The minimum absolute atomic E-state index is 0.223. The summed E-state index contributed by atoms with van der Waals surface area (Å²) in [6.07, 6.45) is 1.35. The van der Waals surface area contributed by atoms with Crippen molar-refractivity contribution in [2.45, 2.75) is 26.3 Å². The number of nitrogens with one attached hydrogen (secondary N) is 1. The molecular weight excluding hydrogens is 232 g/mol. The lowest BCUT2D eigenvalue weighted by atomic mass is 10.0. The third kappa shape index (κ3) is 3.21. The summed E-state index contributed by atoms with van der Waals surface area (Å²) in [6, 6.07) is 6.42. The molecule has 3 heteroatoms. The van der Waals surface area contributed by atoms with Crippen molar-refractivity contribution in [3.8, 4) is 0 Å². The Kier molecular flexibility index (Phi) is 4.08. The smallest absolute Gasteiger partial charge is 0.0445 e. The van der Waals surface area contributed by atoms with Crippen LogP contribution in [0.3, 0.4) is 0 Å². The molecule has 94 valence electrons. The lowest BCUT2D eigenvalue weighted by Gasteiger charge is -2.18. The second-order valence-corrected chi connectivity index (χ2v) is 5.59. The van der Waals surface area contributed by atoms with E-state index in [-0.39, 0.29) is 6.04 Å². The fourth-order valence-electron chi connectivity index (χ4n) is 2.14. The predicted molar refractivity (Wildman–Crippen MR) is 73.3 cm³/mol. The highest BCUT2D eigenvalue weighted by Crippen LogP contribution is 2.37. The number of rotatable bonds is 5. The molecular formula is C14H21ClN2. The van der Waals surface area contributed by atoms with Gasteiger partial charge in [0.15, 0.2) is 0 Å². The van der Waals surface area contributed by atoms with Gasteiger partial charge in [-0.05, 0) is 48.9 Å². The number of hydrogen-bond acceptors (Lipinski definition) is 2. The SMILES string of the molecule is Cc1ccc(C(CN)NCC2CC2C)cc1Cl. The van der Waals surface area contributed by atoms with Crippen LogP contribution >= 0.6 is 11.6 Å². The Morgan fingerprint density at radius 2 is 2.24 bits per heavy atom. The van der Waals surface area contributed by atoms with Gasteiger partial charge in [0.05, 0.1) is 0 Å². The average molecular weight is 253 g/mol. The van der Waals surface area contributed by atoms with Crippen LogP contribution in [-0.2, 0) is 0 Å². The first-order valence-electron chi connectivity index (χ1n) is 6.31. The topological polar surface area (TPSA) is 38.0 Å². The van der Waals surface area contributed by atoms with Crippen molar-refractivity contribution in [1.29, 1.82) is 0 Å². The number of aryl methyl sites for hydroxylation is 1. The summed E-state index contributed by atoms with van der Waals surface area (Å²) in [5.74, 6) is 1.72. The second kappa shape index (κ2) is 5.38. The fourth-order valence-corrected chi connectivity index (χ4v) is 2.33. The van der Waals surface area contributed by atoms with Crippen LogP contribution in [0, 0.1) is 18.8 Å². The van der Waals surface area contributed by atoms with Gasteiger partial charge < -0.3 is 11.1 Å². The Labute approximate surface area is 109 Å². The summed E-state index contributed by atoms with van der Waals surface area (Å²) in [5, 5.41) is 4.36. The number of benzene rings is 1. The molecule has 1 aliphatic carbocycles. The molecule has 3 atom stereocenters. The molecule has 3 N–H and O–H groups in total. The Morgan fingerprint density at radius 3 is 2.76 bits per heavy atom. The van der Waals surface area contributed by atoms with Crippen LogP contribution in [0.5, 0.6) is 0 Å². The van der Waals surface area contributed by atoms with Crippen molar-refractivity contribution in [3.05, 3.63) is 34.3 Å². The standard InChI is InChI=1S/C14H21ClN2/c1-9-3-4-11(6-13(9)15)14(7-16)17-8-12-5-10(12)2/h3-4,6,10,12,14,17H,5,7-8,16H2,1-2H3. The van der Waals surface area contributed by atoms with E-state index in [4.69, 9.17) is 17.3 Å².